The summed E-state index contributed by atoms with van der Waals surface area (Å²) in [7, 11) is 1.78. The van der Waals surface area contributed by atoms with Gasteiger partial charge in [0.2, 0.25) is 17.7 Å². The minimum Gasteiger partial charge on any atom is -0.425 e. The van der Waals surface area contributed by atoms with Crippen molar-refractivity contribution in [1.29, 1.82) is 0 Å². The summed E-state index contributed by atoms with van der Waals surface area (Å²) in [6, 6.07) is -0.328. The van der Waals surface area contributed by atoms with Crippen LogP contribution in [-0.4, -0.2) is 67.7 Å². The first-order valence-electron chi connectivity index (χ1n) is 9.56. The van der Waals surface area contributed by atoms with Gasteiger partial charge in [0, 0.05) is 57.0 Å². The lowest BCUT2D eigenvalue weighted by atomic mass is 10.1. The van der Waals surface area contributed by atoms with Crippen LogP contribution in [0.3, 0.4) is 0 Å². The van der Waals surface area contributed by atoms with Gasteiger partial charge in [0.1, 0.15) is 0 Å². The molecule has 0 aromatic carbocycles. The van der Waals surface area contributed by atoms with Crippen LogP contribution in [0.2, 0.25) is 0 Å². The van der Waals surface area contributed by atoms with E-state index in [0.717, 1.165) is 0 Å². The van der Waals surface area contributed by atoms with Crippen molar-refractivity contribution in [3.05, 3.63) is 30.0 Å². The van der Waals surface area contributed by atoms with E-state index in [-0.39, 0.29) is 35.9 Å². The van der Waals surface area contributed by atoms with E-state index >= 15 is 0 Å². The Bertz CT molecular complexity index is 874. The van der Waals surface area contributed by atoms with E-state index in [9.17, 15) is 9.59 Å². The molecule has 10 nitrogen and oxygen atoms in total. The van der Waals surface area contributed by atoms with Crippen LogP contribution in [0.15, 0.2) is 16.8 Å². The second kappa shape index (κ2) is 7.34. The van der Waals surface area contributed by atoms with Crippen LogP contribution < -0.4 is 10.6 Å². The van der Waals surface area contributed by atoms with Crippen LogP contribution in [0.4, 0.5) is 0 Å². The number of aromatic nitrogens is 4. The predicted octanol–water partition coefficient (Wildman–Crippen LogP) is -0.160. The molecule has 2 amide bonds. The number of rotatable bonds is 5. The SMILES string of the molecule is CC(C)c1nnc(C[C@@H]2CNC(=O)[C@@H]3C[C@H](NC(=O)c4nccn4C)CN23)o1. The molecule has 150 valence electrons. The molecule has 28 heavy (non-hydrogen) atoms. The molecule has 2 aromatic heterocycles. The van der Waals surface area contributed by atoms with Crippen molar-refractivity contribution in [3.63, 3.8) is 0 Å². The number of amides is 2. The first-order valence-corrected chi connectivity index (χ1v) is 9.56. The number of nitrogens with one attached hydrogen (secondary N) is 2. The molecule has 2 saturated heterocycles. The third-order valence-electron chi connectivity index (χ3n) is 5.37. The summed E-state index contributed by atoms with van der Waals surface area (Å²) in [5, 5.41) is 14.2. The molecule has 4 heterocycles. The number of hydrogen-bond acceptors (Lipinski definition) is 7. The van der Waals surface area contributed by atoms with Gasteiger partial charge in [0.15, 0.2) is 5.82 Å². The highest BCUT2D eigenvalue weighted by Gasteiger charge is 2.44. The summed E-state index contributed by atoms with van der Waals surface area (Å²) in [4.78, 5) is 31.0. The Labute approximate surface area is 162 Å². The second-order valence-electron chi connectivity index (χ2n) is 7.77. The Morgan fingerprint density at radius 1 is 1.43 bits per heavy atom. The molecule has 0 radical (unpaired) electrons. The van der Waals surface area contributed by atoms with Crippen molar-refractivity contribution in [2.75, 3.05) is 13.1 Å². The van der Waals surface area contributed by atoms with Gasteiger partial charge in [-0.25, -0.2) is 4.98 Å². The van der Waals surface area contributed by atoms with Crippen LogP contribution in [0.1, 0.15) is 48.6 Å². The second-order valence-corrected chi connectivity index (χ2v) is 7.77. The van der Waals surface area contributed by atoms with Crippen molar-refractivity contribution < 1.29 is 14.0 Å². The van der Waals surface area contributed by atoms with Crippen LogP contribution in [0.5, 0.6) is 0 Å². The van der Waals surface area contributed by atoms with Crippen molar-refractivity contribution in [1.82, 2.24) is 35.3 Å². The number of imidazole rings is 1. The molecule has 4 rings (SSSR count). The average molecular weight is 387 g/mol. The molecule has 10 heteroatoms. The minimum atomic E-state index is -0.266. The topological polar surface area (TPSA) is 118 Å². The van der Waals surface area contributed by atoms with E-state index in [4.69, 9.17) is 4.42 Å². The Morgan fingerprint density at radius 2 is 2.25 bits per heavy atom. The van der Waals surface area contributed by atoms with Crippen LogP contribution in [-0.2, 0) is 18.3 Å². The highest BCUT2D eigenvalue weighted by molar-refractivity contribution is 5.91. The minimum absolute atomic E-state index is 0.00149. The average Bonchev–Trinajstić information content (AvgIpc) is 3.37. The van der Waals surface area contributed by atoms with Gasteiger partial charge in [0.05, 0.1) is 6.04 Å². The third kappa shape index (κ3) is 3.51. The lowest BCUT2D eigenvalue weighted by molar-refractivity contribution is -0.129. The molecule has 2 aliphatic heterocycles. The quantitative estimate of drug-likeness (QED) is 0.732. The number of piperazine rings is 1. The lowest BCUT2D eigenvalue weighted by Crippen LogP contribution is -2.58. The summed E-state index contributed by atoms with van der Waals surface area (Å²) < 4.78 is 7.41. The van der Waals surface area contributed by atoms with Gasteiger partial charge in [0.25, 0.3) is 5.91 Å². The van der Waals surface area contributed by atoms with Gasteiger partial charge >= 0.3 is 0 Å². The van der Waals surface area contributed by atoms with Crippen molar-refractivity contribution >= 4 is 11.8 Å². The third-order valence-corrected chi connectivity index (χ3v) is 5.37. The number of aryl methyl sites for hydroxylation is 1. The zero-order valence-corrected chi connectivity index (χ0v) is 16.3. The lowest BCUT2D eigenvalue weighted by Gasteiger charge is -2.36. The number of hydrogen-bond donors (Lipinski definition) is 2. The summed E-state index contributed by atoms with van der Waals surface area (Å²) >= 11 is 0. The largest absolute Gasteiger partial charge is 0.425 e. The fraction of sp³-hybridized carbons (Fsp3) is 0.611. The van der Waals surface area contributed by atoms with Gasteiger partial charge in [-0.2, -0.15) is 0 Å². The number of carbonyl (C=O) groups is 2. The van der Waals surface area contributed by atoms with Crippen LogP contribution in [0.25, 0.3) is 0 Å². The van der Waals surface area contributed by atoms with E-state index in [2.05, 4.69) is 30.7 Å². The van der Waals surface area contributed by atoms with E-state index in [1.807, 2.05) is 13.8 Å². The monoisotopic (exact) mass is 387 g/mol. The van der Waals surface area contributed by atoms with E-state index in [1.54, 1.807) is 24.0 Å². The summed E-state index contributed by atoms with van der Waals surface area (Å²) in [5.74, 6) is 1.50. The Kier molecular flexibility index (Phi) is 4.88. The highest BCUT2D eigenvalue weighted by atomic mass is 16.4. The van der Waals surface area contributed by atoms with Crippen molar-refractivity contribution in [3.8, 4) is 0 Å². The zero-order chi connectivity index (χ0) is 19.8. The van der Waals surface area contributed by atoms with Gasteiger partial charge in [-0.05, 0) is 6.42 Å². The van der Waals surface area contributed by atoms with Gasteiger partial charge in [-0.1, -0.05) is 13.8 Å². The van der Waals surface area contributed by atoms with Crippen molar-refractivity contribution in [2.24, 2.45) is 7.05 Å². The normalized spacial score (nSPS) is 25.0. The van der Waals surface area contributed by atoms with Crippen LogP contribution >= 0.6 is 0 Å². The maximum Gasteiger partial charge on any atom is 0.287 e. The maximum atomic E-state index is 12.5. The van der Waals surface area contributed by atoms with E-state index in [0.29, 0.717) is 43.5 Å². The van der Waals surface area contributed by atoms with Crippen LogP contribution in [0, 0.1) is 0 Å². The molecule has 3 atom stereocenters. The summed E-state index contributed by atoms with van der Waals surface area (Å²) in [6.45, 7) is 5.13. The van der Waals surface area contributed by atoms with E-state index in [1.165, 1.54) is 0 Å². The van der Waals surface area contributed by atoms with Gasteiger partial charge in [-0.15, -0.1) is 10.2 Å². The van der Waals surface area contributed by atoms with Crippen molar-refractivity contribution in [2.45, 2.75) is 50.7 Å². The Hall–Kier alpha value is -2.75. The first kappa shape index (κ1) is 18.6. The van der Waals surface area contributed by atoms with Gasteiger partial charge in [-0.3, -0.25) is 14.5 Å². The van der Waals surface area contributed by atoms with E-state index < -0.39 is 0 Å². The molecular weight excluding hydrogens is 362 g/mol. The Morgan fingerprint density at radius 3 is 2.93 bits per heavy atom. The predicted molar refractivity (Wildman–Crippen MR) is 98.5 cm³/mol. The zero-order valence-electron chi connectivity index (χ0n) is 16.3. The molecule has 2 aromatic rings. The molecule has 0 bridgehead atoms. The molecule has 0 saturated carbocycles. The smallest absolute Gasteiger partial charge is 0.287 e. The molecular formula is C18H25N7O3. The molecule has 2 N–H and O–H groups in total. The summed E-state index contributed by atoms with van der Waals surface area (Å²) in [5.41, 5.74) is 0. The summed E-state index contributed by atoms with van der Waals surface area (Å²) in [6.07, 6.45) is 4.45. The molecule has 0 aliphatic carbocycles. The molecule has 2 aliphatic rings. The standard InChI is InChI=1S/C18H25N7O3/c1-10(2)18-23-22-14(28-18)7-12-8-20-16(26)13-6-11(9-25(12)13)21-17(27)15-19-4-5-24(15)3/h4-5,10-13H,6-9H2,1-3H3,(H,20,26)(H,21,27)/t11-,12+,13-/m0/s1. The fourth-order valence-electron chi connectivity index (χ4n) is 3.89. The molecule has 0 spiro atoms. The molecule has 2 fully saturated rings. The number of fused-ring (bicyclic) bond motifs is 1. The number of nitrogens with zero attached hydrogens (tertiary/aromatic N) is 5. The fourth-order valence-corrected chi connectivity index (χ4v) is 3.89. The highest BCUT2D eigenvalue weighted by Crippen LogP contribution is 2.26. The van der Waals surface area contributed by atoms with Gasteiger partial charge < -0.3 is 19.6 Å². The maximum absolute atomic E-state index is 12.5. The first-order chi connectivity index (χ1) is 13.4. The Balaban J connectivity index is 1.43. The number of carbonyl (C=O) groups excluding carboxylic acids is 2. The molecule has 0 unspecified atom stereocenters.